The Morgan fingerprint density at radius 3 is 2.09 bits per heavy atom. The molecule has 1 atom stereocenters. The number of hydrogen-bond acceptors (Lipinski definition) is 7. The number of fused-ring (bicyclic) bond motifs is 1. The zero-order valence-corrected chi connectivity index (χ0v) is 24.0. The number of hydrogen-bond donors (Lipinski definition) is 3. The van der Waals surface area contributed by atoms with Crippen LogP contribution in [0.2, 0.25) is 0 Å². The molecule has 0 saturated heterocycles. The third-order valence-corrected chi connectivity index (χ3v) is 6.85. The van der Waals surface area contributed by atoms with Gasteiger partial charge < -0.3 is 20.1 Å². The predicted octanol–water partition coefficient (Wildman–Crippen LogP) is 5.02. The Kier molecular flexibility index (Phi) is 9.90. The van der Waals surface area contributed by atoms with Crippen LogP contribution in [0, 0.1) is 5.82 Å². The van der Waals surface area contributed by atoms with Gasteiger partial charge in [0.1, 0.15) is 25.1 Å². The van der Waals surface area contributed by atoms with Crippen molar-refractivity contribution in [1.29, 1.82) is 0 Å². The fraction of sp³-hybridized carbons (Fsp3) is 0.147. The predicted molar refractivity (Wildman–Crippen MR) is 165 cm³/mol. The third-order valence-electron chi connectivity index (χ3n) is 6.85. The average molecular weight is 609 g/mol. The topological polar surface area (TPSA) is 139 Å². The maximum absolute atomic E-state index is 14.8. The van der Waals surface area contributed by atoms with Gasteiger partial charge in [-0.2, -0.15) is 5.10 Å². The summed E-state index contributed by atoms with van der Waals surface area (Å²) >= 11 is 0. The fourth-order valence-corrected chi connectivity index (χ4v) is 4.59. The van der Waals surface area contributed by atoms with Crippen LogP contribution < -0.4 is 16.2 Å². The minimum Gasteiger partial charge on any atom is -0.459 e. The number of halogens is 1. The number of ether oxygens (including phenoxy) is 2. The number of alkyl carbamates (subject to hydrolysis) is 1. The van der Waals surface area contributed by atoms with E-state index in [-0.39, 0.29) is 30.9 Å². The second kappa shape index (κ2) is 14.6. The lowest BCUT2D eigenvalue weighted by Crippen LogP contribution is -2.44. The second-order valence-corrected chi connectivity index (χ2v) is 10.1. The minimum atomic E-state index is -1.42. The highest BCUT2D eigenvalue weighted by atomic mass is 19.1. The van der Waals surface area contributed by atoms with Crippen LogP contribution in [0.5, 0.6) is 0 Å². The van der Waals surface area contributed by atoms with Crippen molar-refractivity contribution >= 4 is 34.4 Å². The number of carbonyl (C=O) groups is 3. The summed E-state index contributed by atoms with van der Waals surface area (Å²) in [6.07, 6.45) is -1.24. The number of aromatic amines is 1. The van der Waals surface area contributed by atoms with Crippen LogP contribution in [-0.2, 0) is 38.7 Å². The second-order valence-electron chi connectivity index (χ2n) is 10.1. The van der Waals surface area contributed by atoms with E-state index in [9.17, 15) is 23.6 Å². The first-order chi connectivity index (χ1) is 21.9. The van der Waals surface area contributed by atoms with Crippen LogP contribution in [0.1, 0.15) is 28.8 Å². The molecule has 0 bridgehead atoms. The van der Waals surface area contributed by atoms with Gasteiger partial charge in [0.25, 0.3) is 5.56 Å². The summed E-state index contributed by atoms with van der Waals surface area (Å²) in [7, 11) is 0. The number of carbonyl (C=O) groups excluding carboxylic acids is 3. The molecule has 1 heterocycles. The number of nitrogens with zero attached hydrogens (tertiary/aromatic N) is 1. The Labute approximate surface area is 257 Å². The first-order valence-corrected chi connectivity index (χ1v) is 14.1. The van der Waals surface area contributed by atoms with E-state index in [2.05, 4.69) is 20.8 Å². The van der Waals surface area contributed by atoms with Gasteiger partial charge in [-0.15, -0.1) is 0 Å². The minimum absolute atomic E-state index is 0.0535. The number of nitrogens with one attached hydrogen (secondary N) is 3. The van der Waals surface area contributed by atoms with Crippen LogP contribution in [0.25, 0.3) is 10.8 Å². The molecule has 0 aliphatic rings. The summed E-state index contributed by atoms with van der Waals surface area (Å²) in [6.45, 7) is -0.134. The van der Waals surface area contributed by atoms with Crippen molar-refractivity contribution in [3.63, 3.8) is 0 Å². The maximum Gasteiger partial charge on any atom is 0.408 e. The van der Waals surface area contributed by atoms with Gasteiger partial charge in [-0.3, -0.25) is 9.59 Å². The van der Waals surface area contributed by atoms with Crippen molar-refractivity contribution in [3.05, 3.63) is 142 Å². The molecule has 4 aromatic carbocycles. The molecular formula is C34H29FN4O6. The number of H-pyrrole nitrogens is 1. The zero-order chi connectivity index (χ0) is 31.6. The van der Waals surface area contributed by atoms with Crippen molar-refractivity contribution in [1.82, 2.24) is 15.5 Å². The lowest BCUT2D eigenvalue weighted by atomic mass is 10.0. The molecule has 0 fully saturated rings. The molecule has 1 aromatic heterocycles. The number of benzene rings is 4. The number of anilines is 1. The Morgan fingerprint density at radius 2 is 1.40 bits per heavy atom. The smallest absolute Gasteiger partial charge is 0.408 e. The molecule has 2 amide bonds. The summed E-state index contributed by atoms with van der Waals surface area (Å²) in [6, 6.07) is 27.6. The third kappa shape index (κ3) is 8.38. The number of rotatable bonds is 11. The highest BCUT2D eigenvalue weighted by molar-refractivity contribution is 5.95. The largest absolute Gasteiger partial charge is 0.459 e. The van der Waals surface area contributed by atoms with Crippen molar-refractivity contribution < 1.29 is 28.2 Å². The molecule has 45 heavy (non-hydrogen) atoms. The molecule has 0 spiro atoms. The molecule has 11 heteroatoms. The molecule has 0 aliphatic carbocycles. The van der Waals surface area contributed by atoms with Crippen LogP contribution in [0.4, 0.5) is 14.9 Å². The van der Waals surface area contributed by atoms with Gasteiger partial charge in [0.05, 0.1) is 23.2 Å². The molecule has 10 nitrogen and oxygen atoms in total. The number of esters is 1. The van der Waals surface area contributed by atoms with Crippen LogP contribution in [0.3, 0.4) is 0 Å². The van der Waals surface area contributed by atoms with Gasteiger partial charge in [0, 0.05) is 11.8 Å². The lowest BCUT2D eigenvalue weighted by Gasteiger charge is -2.18. The highest BCUT2D eigenvalue weighted by Crippen LogP contribution is 2.21. The van der Waals surface area contributed by atoms with Gasteiger partial charge in [-0.05, 0) is 34.9 Å². The van der Waals surface area contributed by atoms with Gasteiger partial charge in [-0.1, -0.05) is 84.9 Å². The molecule has 3 N–H and O–H groups in total. The molecular weight excluding hydrogens is 579 g/mol. The monoisotopic (exact) mass is 608 g/mol. The quantitative estimate of drug-likeness (QED) is 0.179. The van der Waals surface area contributed by atoms with Crippen LogP contribution in [-0.4, -0.2) is 34.2 Å². The fourth-order valence-electron chi connectivity index (χ4n) is 4.59. The van der Waals surface area contributed by atoms with Crippen molar-refractivity contribution in [2.75, 3.05) is 5.32 Å². The molecule has 0 unspecified atom stereocenters. The highest BCUT2D eigenvalue weighted by Gasteiger charge is 2.27. The van der Waals surface area contributed by atoms with Crippen molar-refractivity contribution in [2.24, 2.45) is 0 Å². The molecule has 0 aliphatic heterocycles. The first-order valence-electron chi connectivity index (χ1n) is 14.1. The molecule has 0 radical (unpaired) electrons. The standard InChI is InChI=1S/C34H29FN4O6/c35-27-16-15-24(17-28-25-13-7-8-14-26(25)32(41)39-38-28)18-29(27)36-31(40)19-30(33(42)44-20-22-9-3-1-4-10-22)37-34(43)45-21-23-11-5-2-6-12-23/h1-16,18,30H,17,19-21H2,(H,36,40)(H,37,43)(H,39,41)/t30-/m0/s1. The molecule has 228 valence electrons. The Hall–Kier alpha value is -5.84. The van der Waals surface area contributed by atoms with Crippen molar-refractivity contribution in [2.45, 2.75) is 32.1 Å². The van der Waals surface area contributed by atoms with E-state index in [0.717, 1.165) is 5.56 Å². The Bertz CT molecular complexity index is 1860. The van der Waals surface area contributed by atoms with E-state index in [1.165, 1.54) is 12.1 Å². The lowest BCUT2D eigenvalue weighted by molar-refractivity contribution is -0.148. The van der Waals surface area contributed by atoms with E-state index in [0.29, 0.717) is 27.6 Å². The van der Waals surface area contributed by atoms with Crippen LogP contribution >= 0.6 is 0 Å². The maximum atomic E-state index is 14.8. The van der Waals surface area contributed by atoms with Gasteiger partial charge in [0.2, 0.25) is 5.91 Å². The Balaban J connectivity index is 1.27. The van der Waals surface area contributed by atoms with E-state index < -0.39 is 36.2 Å². The summed E-state index contributed by atoms with van der Waals surface area (Å²) in [4.78, 5) is 50.8. The molecule has 5 rings (SSSR count). The molecule has 0 saturated carbocycles. The summed E-state index contributed by atoms with van der Waals surface area (Å²) in [5, 5.41) is 12.6. The molecule has 5 aromatic rings. The zero-order valence-electron chi connectivity index (χ0n) is 24.0. The summed E-state index contributed by atoms with van der Waals surface area (Å²) in [5.41, 5.74) is 2.16. The van der Waals surface area contributed by atoms with E-state index in [1.807, 2.05) is 12.1 Å². The van der Waals surface area contributed by atoms with E-state index in [1.54, 1.807) is 78.9 Å². The summed E-state index contributed by atoms with van der Waals surface area (Å²) in [5.74, 6) is -2.32. The van der Waals surface area contributed by atoms with Gasteiger partial charge in [0.15, 0.2) is 0 Å². The van der Waals surface area contributed by atoms with Crippen molar-refractivity contribution in [3.8, 4) is 0 Å². The van der Waals surface area contributed by atoms with Gasteiger partial charge >= 0.3 is 12.1 Å². The van der Waals surface area contributed by atoms with E-state index in [4.69, 9.17) is 9.47 Å². The van der Waals surface area contributed by atoms with Crippen LogP contribution in [0.15, 0.2) is 108 Å². The number of amides is 2. The van der Waals surface area contributed by atoms with Gasteiger partial charge in [-0.25, -0.2) is 19.1 Å². The SMILES string of the molecule is O=C(C[C@H](NC(=O)OCc1ccccc1)C(=O)OCc1ccccc1)Nc1cc(Cc2n[nH]c(=O)c3ccccc23)ccc1F. The summed E-state index contributed by atoms with van der Waals surface area (Å²) < 4.78 is 25.4. The first kappa shape index (κ1) is 30.6. The normalized spacial score (nSPS) is 11.4. The van der Waals surface area contributed by atoms with E-state index >= 15 is 0 Å². The number of aromatic nitrogens is 2. The average Bonchev–Trinajstić information content (AvgIpc) is 3.06. The Morgan fingerprint density at radius 1 is 0.778 bits per heavy atom.